The van der Waals surface area contributed by atoms with E-state index in [-0.39, 0.29) is 5.69 Å². The maximum absolute atomic E-state index is 13.9. The van der Waals surface area contributed by atoms with Gasteiger partial charge in [0.15, 0.2) is 0 Å². The Bertz CT molecular complexity index is 697. The first-order valence-corrected chi connectivity index (χ1v) is 8.17. The number of esters is 1. The average molecular weight is 396 g/mol. The highest BCUT2D eigenvalue weighted by Gasteiger charge is 2.60. The monoisotopic (exact) mass is 396 g/mol. The highest BCUT2D eigenvalue weighted by Crippen LogP contribution is 2.47. The second-order valence-corrected chi connectivity index (χ2v) is 7.32. The van der Waals surface area contributed by atoms with E-state index >= 15 is 0 Å². The van der Waals surface area contributed by atoms with Gasteiger partial charge in [-0.15, -0.1) is 0 Å². The summed E-state index contributed by atoms with van der Waals surface area (Å²) < 4.78 is 76.8. The summed E-state index contributed by atoms with van der Waals surface area (Å²) in [6.07, 6.45) is -7.18. The summed E-state index contributed by atoms with van der Waals surface area (Å²) in [4.78, 5) is 12.4. The summed E-state index contributed by atoms with van der Waals surface area (Å²) in [6, 6.07) is 2.30. The molecule has 2 rings (SSSR count). The molecule has 152 valence electrons. The molecule has 1 aliphatic heterocycles. The molecule has 0 amide bonds. The van der Waals surface area contributed by atoms with Gasteiger partial charge >= 0.3 is 18.1 Å². The second-order valence-electron chi connectivity index (χ2n) is 7.32. The lowest BCUT2D eigenvalue weighted by atomic mass is 9.95. The van der Waals surface area contributed by atoms with Crippen LogP contribution in [0.4, 0.5) is 27.6 Å². The zero-order chi connectivity index (χ0) is 20.6. The summed E-state index contributed by atoms with van der Waals surface area (Å²) in [5.41, 5.74) is 3.14. The third kappa shape index (κ3) is 4.79. The molecular formula is C17H21F5N2O3. The van der Waals surface area contributed by atoms with Crippen molar-refractivity contribution in [3.05, 3.63) is 23.8 Å². The van der Waals surface area contributed by atoms with Gasteiger partial charge in [-0.1, -0.05) is 0 Å². The van der Waals surface area contributed by atoms with Gasteiger partial charge in [-0.05, 0) is 32.9 Å². The number of benzene rings is 1. The number of rotatable bonds is 5. The van der Waals surface area contributed by atoms with Gasteiger partial charge < -0.3 is 20.5 Å². The minimum absolute atomic E-state index is 0.0820. The Morgan fingerprint density at radius 1 is 1.19 bits per heavy atom. The molecule has 1 heterocycles. The lowest BCUT2D eigenvalue weighted by Gasteiger charge is -2.35. The molecule has 1 unspecified atom stereocenters. The van der Waals surface area contributed by atoms with Crippen LogP contribution in [0.5, 0.6) is 5.75 Å². The van der Waals surface area contributed by atoms with Gasteiger partial charge in [-0.3, -0.25) is 0 Å². The van der Waals surface area contributed by atoms with Crippen LogP contribution in [0.25, 0.3) is 0 Å². The fraction of sp³-hybridized carbons (Fsp3) is 0.588. The molecule has 1 fully saturated rings. The molecule has 0 saturated carbocycles. The second kappa shape index (κ2) is 7.14. The third-order valence-corrected chi connectivity index (χ3v) is 3.83. The van der Waals surface area contributed by atoms with Crippen LogP contribution in [0.2, 0.25) is 0 Å². The molecule has 27 heavy (non-hydrogen) atoms. The molecule has 0 aliphatic carbocycles. The van der Waals surface area contributed by atoms with E-state index in [1.807, 2.05) is 0 Å². The molecule has 1 aliphatic rings. The predicted molar refractivity (Wildman–Crippen MR) is 87.4 cm³/mol. The lowest BCUT2D eigenvalue weighted by Crippen LogP contribution is -2.54. The van der Waals surface area contributed by atoms with E-state index in [0.717, 1.165) is 12.1 Å². The minimum atomic E-state index is -5.83. The molecule has 0 spiro atoms. The lowest BCUT2D eigenvalue weighted by molar-refractivity contribution is -0.289. The molecule has 1 aromatic rings. The highest BCUT2D eigenvalue weighted by molar-refractivity contribution is 5.76. The SMILES string of the molecule is CC(C)(C)OC(=O)C(Oc1cc(N)ccc1C(F)(F)C(F)(F)F)C1CNC1. The Kier molecular flexibility index (Phi) is 5.61. The zero-order valence-electron chi connectivity index (χ0n) is 15.0. The van der Waals surface area contributed by atoms with Crippen molar-refractivity contribution in [1.29, 1.82) is 0 Å². The standard InChI is InChI=1S/C17H21F5N2O3/c1-15(2,3)27-14(25)13(9-7-24-8-9)26-12-6-10(23)4-5-11(12)16(18,19)17(20,21)22/h4-6,9,13,24H,7-8,23H2,1-3H3. The van der Waals surface area contributed by atoms with Gasteiger partial charge in [-0.25, -0.2) is 4.79 Å². The molecule has 1 atom stereocenters. The molecule has 3 N–H and O–H groups in total. The van der Waals surface area contributed by atoms with Crippen LogP contribution in [0.1, 0.15) is 26.3 Å². The Balaban J connectivity index is 2.40. The zero-order valence-corrected chi connectivity index (χ0v) is 15.0. The molecule has 0 radical (unpaired) electrons. The van der Waals surface area contributed by atoms with E-state index in [4.69, 9.17) is 15.2 Å². The average Bonchev–Trinajstić information content (AvgIpc) is 2.41. The first-order chi connectivity index (χ1) is 12.2. The van der Waals surface area contributed by atoms with Crippen LogP contribution in [0, 0.1) is 5.92 Å². The van der Waals surface area contributed by atoms with Crippen molar-refractivity contribution in [2.24, 2.45) is 5.92 Å². The number of anilines is 1. The maximum atomic E-state index is 13.9. The number of carbonyl (C=O) groups is 1. The fourth-order valence-electron chi connectivity index (χ4n) is 2.41. The molecular weight excluding hydrogens is 375 g/mol. The van der Waals surface area contributed by atoms with Crippen molar-refractivity contribution in [3.63, 3.8) is 0 Å². The Labute approximate surface area is 153 Å². The largest absolute Gasteiger partial charge is 0.478 e. The Hall–Kier alpha value is -2.10. The van der Waals surface area contributed by atoms with Gasteiger partial charge in [0.1, 0.15) is 11.4 Å². The number of nitrogen functional groups attached to an aromatic ring is 1. The van der Waals surface area contributed by atoms with E-state index in [1.54, 1.807) is 20.8 Å². The summed E-state index contributed by atoms with van der Waals surface area (Å²) in [5, 5.41) is 2.89. The first kappa shape index (κ1) is 21.2. The number of hydrogen-bond donors (Lipinski definition) is 2. The van der Waals surface area contributed by atoms with Crippen molar-refractivity contribution in [1.82, 2.24) is 5.32 Å². The van der Waals surface area contributed by atoms with Gasteiger partial charge in [-0.2, -0.15) is 22.0 Å². The van der Waals surface area contributed by atoms with E-state index in [9.17, 15) is 26.7 Å². The molecule has 10 heteroatoms. The van der Waals surface area contributed by atoms with Gasteiger partial charge in [0.25, 0.3) is 0 Å². The van der Waals surface area contributed by atoms with E-state index in [0.29, 0.717) is 19.2 Å². The number of alkyl halides is 5. The number of halogens is 5. The summed E-state index contributed by atoms with van der Waals surface area (Å²) in [7, 11) is 0. The van der Waals surface area contributed by atoms with Gasteiger partial charge in [0.2, 0.25) is 6.10 Å². The van der Waals surface area contributed by atoms with Crippen LogP contribution in [-0.2, 0) is 15.5 Å². The molecule has 0 bridgehead atoms. The fourth-order valence-corrected chi connectivity index (χ4v) is 2.41. The number of carbonyl (C=O) groups excluding carboxylic acids is 1. The Morgan fingerprint density at radius 3 is 2.22 bits per heavy atom. The number of nitrogens with one attached hydrogen (secondary N) is 1. The highest BCUT2D eigenvalue weighted by atomic mass is 19.4. The van der Waals surface area contributed by atoms with Crippen molar-refractivity contribution in [2.75, 3.05) is 18.8 Å². The van der Waals surface area contributed by atoms with Gasteiger partial charge in [0.05, 0.1) is 5.56 Å². The molecule has 1 aromatic carbocycles. The van der Waals surface area contributed by atoms with Crippen LogP contribution in [-0.4, -0.2) is 36.9 Å². The normalized spacial score (nSPS) is 17.2. The maximum Gasteiger partial charge on any atom is 0.458 e. The Morgan fingerprint density at radius 2 is 1.78 bits per heavy atom. The van der Waals surface area contributed by atoms with Crippen molar-refractivity contribution >= 4 is 11.7 Å². The summed E-state index contributed by atoms with van der Waals surface area (Å²) in [5.74, 6) is -7.27. The van der Waals surface area contributed by atoms with Gasteiger partial charge in [0, 0.05) is 30.8 Å². The quantitative estimate of drug-likeness (QED) is 0.454. The van der Waals surface area contributed by atoms with Crippen LogP contribution >= 0.6 is 0 Å². The van der Waals surface area contributed by atoms with Crippen LogP contribution < -0.4 is 15.8 Å². The number of hydrogen-bond acceptors (Lipinski definition) is 5. The van der Waals surface area contributed by atoms with Crippen molar-refractivity contribution < 1.29 is 36.2 Å². The first-order valence-electron chi connectivity index (χ1n) is 8.17. The smallest absolute Gasteiger partial charge is 0.458 e. The summed E-state index contributed by atoms with van der Waals surface area (Å²) in [6.45, 7) is 5.47. The van der Waals surface area contributed by atoms with E-state index in [2.05, 4.69) is 5.32 Å². The molecule has 1 saturated heterocycles. The van der Waals surface area contributed by atoms with Crippen LogP contribution in [0.3, 0.4) is 0 Å². The van der Waals surface area contributed by atoms with Crippen LogP contribution in [0.15, 0.2) is 18.2 Å². The topological polar surface area (TPSA) is 73.6 Å². The minimum Gasteiger partial charge on any atom is -0.478 e. The number of nitrogens with two attached hydrogens (primary N) is 1. The van der Waals surface area contributed by atoms with E-state index in [1.165, 1.54) is 0 Å². The van der Waals surface area contributed by atoms with E-state index < -0.39 is 47.0 Å². The van der Waals surface area contributed by atoms with Crippen molar-refractivity contribution in [2.45, 2.75) is 44.6 Å². The molecule has 5 nitrogen and oxygen atoms in total. The summed E-state index contributed by atoms with van der Waals surface area (Å²) >= 11 is 0. The number of ether oxygens (including phenoxy) is 2. The molecule has 0 aromatic heterocycles. The van der Waals surface area contributed by atoms with Crippen molar-refractivity contribution in [3.8, 4) is 5.75 Å². The predicted octanol–water partition coefficient (Wildman–Crippen LogP) is 3.23. The third-order valence-electron chi connectivity index (χ3n) is 3.83.